The SMILES string of the molecule is Cc1ccc2c(C(=O)COc3cc(O)c4c(=O)cc(-c5ccccc5)oc4c3)c(C)n(C)c2c1. The zero-order chi connectivity index (χ0) is 24.0. The van der Waals surface area contributed by atoms with E-state index in [4.69, 9.17) is 9.15 Å². The van der Waals surface area contributed by atoms with Gasteiger partial charge in [-0.1, -0.05) is 42.5 Å². The number of phenols is 1. The number of benzene rings is 3. The van der Waals surface area contributed by atoms with Crippen LogP contribution in [0.5, 0.6) is 11.5 Å². The maximum atomic E-state index is 13.1. The van der Waals surface area contributed by atoms with Crippen LogP contribution < -0.4 is 10.2 Å². The fraction of sp³-hybridized carbons (Fsp3) is 0.143. The molecular formula is C28H23NO5. The number of Topliss-reactive ketones (excluding diaryl/α,β-unsaturated/α-hetero) is 1. The molecule has 0 aliphatic rings. The largest absolute Gasteiger partial charge is 0.507 e. The molecule has 0 spiro atoms. The Balaban J connectivity index is 1.48. The van der Waals surface area contributed by atoms with Gasteiger partial charge in [0.15, 0.2) is 12.0 Å². The van der Waals surface area contributed by atoms with Crippen LogP contribution in [0, 0.1) is 13.8 Å². The molecule has 0 radical (unpaired) electrons. The van der Waals surface area contributed by atoms with E-state index in [1.54, 1.807) is 0 Å². The maximum Gasteiger partial charge on any atom is 0.202 e. The number of aromatic hydroxyl groups is 1. The lowest BCUT2D eigenvalue weighted by atomic mass is 10.1. The Labute approximate surface area is 195 Å². The summed E-state index contributed by atoms with van der Waals surface area (Å²) in [5, 5.41) is 11.4. The van der Waals surface area contributed by atoms with Gasteiger partial charge in [0.1, 0.15) is 28.2 Å². The molecule has 0 aliphatic heterocycles. The van der Waals surface area contributed by atoms with Gasteiger partial charge in [-0.15, -0.1) is 0 Å². The van der Waals surface area contributed by atoms with Gasteiger partial charge in [-0.2, -0.15) is 0 Å². The van der Waals surface area contributed by atoms with E-state index in [0.29, 0.717) is 11.3 Å². The lowest BCUT2D eigenvalue weighted by Crippen LogP contribution is -2.13. The topological polar surface area (TPSA) is 81.7 Å². The summed E-state index contributed by atoms with van der Waals surface area (Å²) in [4.78, 5) is 25.7. The van der Waals surface area contributed by atoms with Crippen LogP contribution in [0.4, 0.5) is 0 Å². The minimum absolute atomic E-state index is 0.0682. The zero-order valence-corrected chi connectivity index (χ0v) is 19.1. The number of ether oxygens (including phenoxy) is 1. The van der Waals surface area contributed by atoms with Gasteiger partial charge in [0, 0.05) is 53.0 Å². The lowest BCUT2D eigenvalue weighted by Gasteiger charge is -2.09. The molecule has 0 saturated heterocycles. The summed E-state index contributed by atoms with van der Waals surface area (Å²) < 4.78 is 13.7. The highest BCUT2D eigenvalue weighted by Crippen LogP contribution is 2.32. The molecule has 0 aliphatic carbocycles. The summed E-state index contributed by atoms with van der Waals surface area (Å²) in [5.41, 5.74) is 4.14. The van der Waals surface area contributed by atoms with Gasteiger partial charge < -0.3 is 18.8 Å². The number of carbonyl (C=O) groups excluding carboxylic acids is 1. The number of nitrogens with zero attached hydrogens (tertiary/aromatic N) is 1. The second-order valence-electron chi connectivity index (χ2n) is 8.41. The van der Waals surface area contributed by atoms with Crippen molar-refractivity contribution in [1.29, 1.82) is 0 Å². The van der Waals surface area contributed by atoms with Crippen LogP contribution in [0.15, 0.2) is 75.9 Å². The first-order valence-corrected chi connectivity index (χ1v) is 10.9. The molecule has 1 N–H and O–H groups in total. The highest BCUT2D eigenvalue weighted by molar-refractivity contribution is 6.10. The first kappa shape index (κ1) is 21.5. The molecular weight excluding hydrogens is 430 g/mol. The Morgan fingerprint density at radius 3 is 2.56 bits per heavy atom. The van der Waals surface area contributed by atoms with Gasteiger partial charge in [-0.05, 0) is 25.5 Å². The van der Waals surface area contributed by atoms with Crippen molar-refractivity contribution in [3.05, 3.63) is 93.8 Å². The van der Waals surface area contributed by atoms with Gasteiger partial charge in [-0.25, -0.2) is 0 Å². The van der Waals surface area contributed by atoms with E-state index in [1.165, 1.54) is 18.2 Å². The van der Waals surface area contributed by atoms with Crippen molar-refractivity contribution in [2.75, 3.05) is 6.61 Å². The Kier molecular flexibility index (Phi) is 5.21. The Morgan fingerprint density at radius 2 is 1.79 bits per heavy atom. The summed E-state index contributed by atoms with van der Waals surface area (Å²) in [6, 6.07) is 19.4. The van der Waals surface area contributed by atoms with Crippen LogP contribution >= 0.6 is 0 Å². The predicted octanol–water partition coefficient (Wildman–Crippen LogP) is 5.54. The van der Waals surface area contributed by atoms with Crippen molar-refractivity contribution < 1.29 is 19.1 Å². The number of hydrogen-bond acceptors (Lipinski definition) is 5. The first-order valence-electron chi connectivity index (χ1n) is 10.9. The molecule has 0 amide bonds. The fourth-order valence-electron chi connectivity index (χ4n) is 4.32. The third-order valence-electron chi connectivity index (χ3n) is 6.14. The molecule has 34 heavy (non-hydrogen) atoms. The molecule has 170 valence electrons. The molecule has 6 nitrogen and oxygen atoms in total. The number of phenolic OH excluding ortho intramolecular Hbond substituents is 1. The highest BCUT2D eigenvalue weighted by Gasteiger charge is 2.20. The van der Waals surface area contributed by atoms with Crippen LogP contribution in [-0.2, 0) is 7.05 Å². The molecule has 0 unspecified atom stereocenters. The fourth-order valence-corrected chi connectivity index (χ4v) is 4.32. The second kappa shape index (κ2) is 8.23. The molecule has 2 heterocycles. The minimum Gasteiger partial charge on any atom is -0.507 e. The molecule has 0 fully saturated rings. The molecule has 0 saturated carbocycles. The number of fused-ring (bicyclic) bond motifs is 2. The number of carbonyl (C=O) groups is 1. The van der Waals surface area contributed by atoms with E-state index in [2.05, 4.69) is 0 Å². The maximum absolute atomic E-state index is 13.1. The van der Waals surface area contributed by atoms with E-state index >= 15 is 0 Å². The molecule has 0 atom stereocenters. The van der Waals surface area contributed by atoms with Crippen molar-refractivity contribution in [1.82, 2.24) is 4.57 Å². The van der Waals surface area contributed by atoms with E-state index in [0.717, 1.165) is 27.7 Å². The first-order chi connectivity index (χ1) is 16.3. The second-order valence-corrected chi connectivity index (χ2v) is 8.41. The van der Waals surface area contributed by atoms with Crippen LogP contribution in [0.25, 0.3) is 33.2 Å². The number of aromatic nitrogens is 1. The average molecular weight is 453 g/mol. The van der Waals surface area contributed by atoms with Crippen molar-refractivity contribution in [3.8, 4) is 22.8 Å². The van der Waals surface area contributed by atoms with Crippen molar-refractivity contribution in [2.24, 2.45) is 7.05 Å². The number of rotatable bonds is 5. The minimum atomic E-state index is -0.359. The van der Waals surface area contributed by atoms with Gasteiger partial charge in [-0.3, -0.25) is 9.59 Å². The molecule has 2 aromatic heterocycles. The molecule has 3 aromatic carbocycles. The highest BCUT2D eigenvalue weighted by atomic mass is 16.5. The molecule has 6 heteroatoms. The van der Waals surface area contributed by atoms with E-state index in [1.807, 2.05) is 74.0 Å². The van der Waals surface area contributed by atoms with Crippen LogP contribution in [0.2, 0.25) is 0 Å². The van der Waals surface area contributed by atoms with Gasteiger partial charge in [0.05, 0.1) is 0 Å². The summed E-state index contributed by atoms with van der Waals surface area (Å²) in [5.74, 6) is 0.184. The van der Waals surface area contributed by atoms with Crippen LogP contribution in [0.3, 0.4) is 0 Å². The Hall–Kier alpha value is -4.32. The third kappa shape index (κ3) is 3.63. The standard InChI is InChI=1S/C28H23NO5/c1-16-9-10-20-21(11-16)29(3)17(2)27(20)24(32)15-33-19-12-22(30)28-23(31)14-25(34-26(28)13-19)18-7-5-4-6-8-18/h4-14,30H,15H2,1-3H3. The van der Waals surface area contributed by atoms with Crippen LogP contribution in [-0.4, -0.2) is 22.1 Å². The monoisotopic (exact) mass is 453 g/mol. The normalized spacial score (nSPS) is 11.3. The molecule has 5 rings (SSSR count). The van der Waals surface area contributed by atoms with Crippen molar-refractivity contribution in [2.45, 2.75) is 13.8 Å². The zero-order valence-electron chi connectivity index (χ0n) is 19.1. The molecule has 5 aromatic rings. The van der Waals surface area contributed by atoms with Gasteiger partial charge in [0.2, 0.25) is 5.78 Å². The number of ketones is 1. The Bertz CT molecular complexity index is 1630. The van der Waals surface area contributed by atoms with Crippen molar-refractivity contribution >= 4 is 27.7 Å². The van der Waals surface area contributed by atoms with Crippen molar-refractivity contribution in [3.63, 3.8) is 0 Å². The van der Waals surface area contributed by atoms with Crippen LogP contribution in [0.1, 0.15) is 21.6 Å². The average Bonchev–Trinajstić information content (AvgIpc) is 3.07. The Morgan fingerprint density at radius 1 is 1.03 bits per heavy atom. The predicted molar refractivity (Wildman–Crippen MR) is 132 cm³/mol. The summed E-state index contributed by atoms with van der Waals surface area (Å²) in [6.45, 7) is 3.70. The number of aryl methyl sites for hydroxylation is 2. The van der Waals surface area contributed by atoms with E-state index in [9.17, 15) is 14.7 Å². The molecule has 0 bridgehead atoms. The van der Waals surface area contributed by atoms with Gasteiger partial charge >= 0.3 is 0 Å². The van der Waals surface area contributed by atoms with E-state index in [-0.39, 0.29) is 40.3 Å². The summed E-state index contributed by atoms with van der Waals surface area (Å²) in [7, 11) is 1.93. The quantitative estimate of drug-likeness (QED) is 0.354. The number of hydrogen-bond donors (Lipinski definition) is 1. The van der Waals surface area contributed by atoms with Gasteiger partial charge in [0.25, 0.3) is 0 Å². The summed E-state index contributed by atoms with van der Waals surface area (Å²) >= 11 is 0. The third-order valence-corrected chi connectivity index (χ3v) is 6.14. The lowest BCUT2D eigenvalue weighted by molar-refractivity contribution is 0.0922. The van der Waals surface area contributed by atoms with E-state index < -0.39 is 0 Å². The smallest absolute Gasteiger partial charge is 0.202 e. The summed E-state index contributed by atoms with van der Waals surface area (Å²) in [6.07, 6.45) is 0.